The van der Waals surface area contributed by atoms with E-state index in [-0.39, 0.29) is 19.1 Å². The number of ether oxygens (including phenoxy) is 5. The Kier molecular flexibility index (Phi) is 8.99. The van der Waals surface area contributed by atoms with Crippen LogP contribution < -0.4 is 24.6 Å². The maximum absolute atomic E-state index is 13.1. The van der Waals surface area contributed by atoms with Crippen molar-refractivity contribution in [2.24, 2.45) is 0 Å². The zero-order valence-electron chi connectivity index (χ0n) is 23.7. The number of aryl methyl sites for hydroxylation is 1. The fourth-order valence-electron chi connectivity index (χ4n) is 4.61. The number of rotatable bonds is 11. The van der Waals surface area contributed by atoms with Gasteiger partial charge in [0.2, 0.25) is 5.75 Å². The summed E-state index contributed by atoms with van der Waals surface area (Å²) in [4.78, 5) is 26.1. The third kappa shape index (κ3) is 6.22. The molecule has 0 aliphatic heterocycles. The Balaban J connectivity index is 1.65. The Hall–Kier alpha value is -4.46. The Morgan fingerprint density at radius 1 is 0.850 bits per heavy atom. The predicted octanol–water partition coefficient (Wildman–Crippen LogP) is 5.79. The van der Waals surface area contributed by atoms with E-state index in [0.29, 0.717) is 51.7 Å². The van der Waals surface area contributed by atoms with Gasteiger partial charge in [-0.2, -0.15) is 0 Å². The first-order chi connectivity index (χ1) is 19.2. The lowest BCUT2D eigenvalue weighted by molar-refractivity contribution is -0.144. The Bertz CT molecular complexity index is 1530. The van der Waals surface area contributed by atoms with Crippen LogP contribution in [0.15, 0.2) is 63.8 Å². The number of carbonyl (C=O) groups excluding carboxylic acids is 1. The van der Waals surface area contributed by atoms with Gasteiger partial charge in [-0.15, -0.1) is 0 Å². The van der Waals surface area contributed by atoms with Crippen LogP contribution in [-0.2, 0) is 29.0 Å². The van der Waals surface area contributed by atoms with Crippen LogP contribution >= 0.6 is 0 Å². The van der Waals surface area contributed by atoms with Gasteiger partial charge in [0.05, 0.1) is 39.4 Å². The van der Waals surface area contributed by atoms with Gasteiger partial charge >= 0.3 is 11.6 Å². The molecule has 0 saturated heterocycles. The van der Waals surface area contributed by atoms with Gasteiger partial charge in [0, 0.05) is 17.4 Å². The molecular formula is C32H34O8. The van der Waals surface area contributed by atoms with Crippen molar-refractivity contribution in [1.29, 1.82) is 0 Å². The van der Waals surface area contributed by atoms with Gasteiger partial charge in [0.15, 0.2) is 11.5 Å². The van der Waals surface area contributed by atoms with Crippen molar-refractivity contribution in [3.05, 3.63) is 92.8 Å². The fraction of sp³-hybridized carbons (Fsp3) is 0.312. The van der Waals surface area contributed by atoms with Crippen molar-refractivity contribution < 1.29 is 32.9 Å². The molecule has 4 aromatic rings. The van der Waals surface area contributed by atoms with Crippen molar-refractivity contribution >= 4 is 16.9 Å². The van der Waals surface area contributed by atoms with Crippen molar-refractivity contribution in [2.45, 2.75) is 46.3 Å². The lowest BCUT2D eigenvalue weighted by atomic mass is 9.98. The molecule has 0 atom stereocenters. The minimum atomic E-state index is -0.485. The van der Waals surface area contributed by atoms with Crippen molar-refractivity contribution in [3.8, 4) is 23.0 Å². The first-order valence-electron chi connectivity index (χ1n) is 13.0. The summed E-state index contributed by atoms with van der Waals surface area (Å²) in [6.07, 6.45) is 0.275. The summed E-state index contributed by atoms with van der Waals surface area (Å²) in [7, 11) is 4.54. The summed E-state index contributed by atoms with van der Waals surface area (Å²) in [5, 5.41) is 0.761. The quantitative estimate of drug-likeness (QED) is 0.172. The van der Waals surface area contributed by atoms with Crippen LogP contribution in [0.5, 0.6) is 23.0 Å². The monoisotopic (exact) mass is 546 g/mol. The van der Waals surface area contributed by atoms with E-state index in [4.69, 9.17) is 28.1 Å². The zero-order valence-corrected chi connectivity index (χ0v) is 23.7. The summed E-state index contributed by atoms with van der Waals surface area (Å²) in [6, 6.07) is 16.9. The lowest BCUT2D eigenvalue weighted by Crippen LogP contribution is -2.14. The average molecular weight is 547 g/mol. The molecule has 0 spiro atoms. The van der Waals surface area contributed by atoms with Crippen molar-refractivity contribution in [3.63, 3.8) is 0 Å². The molecule has 4 rings (SSSR count). The van der Waals surface area contributed by atoms with Crippen LogP contribution in [0.2, 0.25) is 0 Å². The van der Waals surface area contributed by atoms with Gasteiger partial charge < -0.3 is 28.1 Å². The second kappa shape index (κ2) is 12.6. The third-order valence-corrected chi connectivity index (χ3v) is 6.55. The molecule has 8 heteroatoms. The molecule has 40 heavy (non-hydrogen) atoms. The normalized spacial score (nSPS) is 11.0. The summed E-state index contributed by atoms with van der Waals surface area (Å²) < 4.78 is 33.7. The standard InChI is InChI=1S/C32H34O8/c1-19(2)39-26-13-12-23-20(3)24(14-21-10-8-7-9-11-21)32(34)40-30(23)25(26)18-38-29(33)17-22-15-27(35-4)31(37-6)28(16-22)36-5/h7-13,15-16,19H,14,17-18H2,1-6H3. The predicted molar refractivity (Wildman–Crippen MR) is 152 cm³/mol. The molecule has 0 aliphatic carbocycles. The average Bonchev–Trinajstić information content (AvgIpc) is 2.94. The Labute approximate surface area is 233 Å². The molecule has 1 heterocycles. The minimum absolute atomic E-state index is 0.0357. The number of carbonyl (C=O) groups is 1. The van der Waals surface area contributed by atoms with Crippen molar-refractivity contribution in [2.75, 3.05) is 21.3 Å². The van der Waals surface area contributed by atoms with Gasteiger partial charge in [-0.1, -0.05) is 30.3 Å². The number of benzene rings is 3. The highest BCUT2D eigenvalue weighted by Gasteiger charge is 2.21. The first kappa shape index (κ1) is 28.5. The van der Waals surface area contributed by atoms with Gasteiger partial charge in [-0.3, -0.25) is 4.79 Å². The molecule has 0 N–H and O–H groups in total. The number of hydrogen-bond acceptors (Lipinski definition) is 8. The molecule has 1 aromatic heterocycles. The molecule has 0 radical (unpaired) electrons. The molecule has 0 unspecified atom stereocenters. The molecule has 3 aromatic carbocycles. The largest absolute Gasteiger partial charge is 0.493 e. The number of fused-ring (bicyclic) bond motifs is 1. The van der Waals surface area contributed by atoms with E-state index in [9.17, 15) is 9.59 Å². The number of esters is 1. The first-order valence-corrected chi connectivity index (χ1v) is 13.0. The smallest absolute Gasteiger partial charge is 0.340 e. The van der Waals surface area contributed by atoms with Crippen molar-refractivity contribution in [1.82, 2.24) is 0 Å². The van der Waals surface area contributed by atoms with E-state index in [1.807, 2.05) is 63.2 Å². The number of methoxy groups -OCH3 is 3. The third-order valence-electron chi connectivity index (χ3n) is 6.55. The second-order valence-corrected chi connectivity index (χ2v) is 9.61. The Morgan fingerprint density at radius 2 is 1.52 bits per heavy atom. The van der Waals surface area contributed by atoms with Crippen LogP contribution in [0, 0.1) is 6.92 Å². The highest BCUT2D eigenvalue weighted by molar-refractivity contribution is 5.86. The van der Waals surface area contributed by atoms with E-state index in [0.717, 1.165) is 16.5 Å². The fourth-order valence-corrected chi connectivity index (χ4v) is 4.61. The van der Waals surface area contributed by atoms with E-state index in [1.165, 1.54) is 21.3 Å². The molecule has 0 saturated carbocycles. The highest BCUT2D eigenvalue weighted by atomic mass is 16.5. The van der Waals surface area contributed by atoms with Gasteiger partial charge in [-0.25, -0.2) is 4.79 Å². The maximum Gasteiger partial charge on any atom is 0.340 e. The summed E-state index contributed by atoms with van der Waals surface area (Å²) in [6.45, 7) is 5.56. The van der Waals surface area contributed by atoms with Crippen LogP contribution in [0.1, 0.15) is 41.7 Å². The topological polar surface area (TPSA) is 93.4 Å². The van der Waals surface area contributed by atoms with E-state index < -0.39 is 11.6 Å². The highest BCUT2D eigenvalue weighted by Crippen LogP contribution is 2.38. The molecule has 210 valence electrons. The van der Waals surface area contributed by atoms with Gasteiger partial charge in [-0.05, 0) is 61.7 Å². The molecule has 0 fully saturated rings. The molecule has 0 bridgehead atoms. The molecule has 8 nitrogen and oxygen atoms in total. The van der Waals surface area contributed by atoms with Crippen LogP contribution in [0.25, 0.3) is 11.0 Å². The SMILES string of the molecule is COc1cc(CC(=O)OCc2c(OC(C)C)ccc3c(C)c(Cc4ccccc4)c(=O)oc23)cc(OC)c1OC. The Morgan fingerprint density at radius 3 is 2.12 bits per heavy atom. The van der Waals surface area contributed by atoms with Crippen LogP contribution in [0.4, 0.5) is 0 Å². The van der Waals surface area contributed by atoms with Gasteiger partial charge in [0.1, 0.15) is 17.9 Å². The van der Waals surface area contributed by atoms with Crippen LogP contribution in [-0.4, -0.2) is 33.4 Å². The summed E-state index contributed by atoms with van der Waals surface area (Å²) in [5.74, 6) is 1.32. The number of hydrogen-bond donors (Lipinski definition) is 0. The van der Waals surface area contributed by atoms with Gasteiger partial charge in [0.25, 0.3) is 0 Å². The van der Waals surface area contributed by atoms with E-state index >= 15 is 0 Å². The van der Waals surface area contributed by atoms with Crippen LogP contribution in [0.3, 0.4) is 0 Å². The summed E-state index contributed by atoms with van der Waals surface area (Å²) in [5.41, 5.74) is 3.45. The second-order valence-electron chi connectivity index (χ2n) is 9.61. The molecule has 0 aliphatic rings. The lowest BCUT2D eigenvalue weighted by Gasteiger charge is -2.17. The zero-order chi connectivity index (χ0) is 28.8. The summed E-state index contributed by atoms with van der Waals surface area (Å²) >= 11 is 0. The molecular weight excluding hydrogens is 512 g/mol. The minimum Gasteiger partial charge on any atom is -0.493 e. The van der Waals surface area contributed by atoms with E-state index in [2.05, 4.69) is 0 Å². The maximum atomic E-state index is 13.1. The van der Waals surface area contributed by atoms with E-state index in [1.54, 1.807) is 12.1 Å². The molecule has 0 amide bonds.